The maximum atomic E-state index is 9.42. The zero-order valence-electron chi connectivity index (χ0n) is 8.85. The van der Waals surface area contributed by atoms with E-state index in [2.05, 4.69) is 5.32 Å². The number of hydrogen-bond donors (Lipinski definition) is 2. The third-order valence-electron chi connectivity index (χ3n) is 2.41. The van der Waals surface area contributed by atoms with E-state index in [9.17, 15) is 5.11 Å². The topological polar surface area (TPSA) is 32.3 Å². The van der Waals surface area contributed by atoms with Crippen LogP contribution >= 0.6 is 23.2 Å². The molecule has 0 aliphatic carbocycles. The van der Waals surface area contributed by atoms with Crippen molar-refractivity contribution < 1.29 is 5.11 Å². The first-order valence-corrected chi connectivity index (χ1v) is 5.60. The van der Waals surface area contributed by atoms with E-state index < -0.39 is 5.54 Å². The predicted molar refractivity (Wildman–Crippen MR) is 64.6 cm³/mol. The lowest BCUT2D eigenvalue weighted by Crippen LogP contribution is -2.43. The smallest absolute Gasteiger partial charge is 0.0655 e. The van der Waals surface area contributed by atoms with Crippen LogP contribution in [0, 0.1) is 0 Å². The highest BCUT2D eigenvalue weighted by atomic mass is 35.5. The normalized spacial score (nSPS) is 15.0. The molecule has 4 heteroatoms. The van der Waals surface area contributed by atoms with Crippen molar-refractivity contribution in [3.63, 3.8) is 0 Å². The van der Waals surface area contributed by atoms with Crippen LogP contribution in [0.3, 0.4) is 0 Å². The number of hydrogen-bond acceptors (Lipinski definition) is 2. The highest BCUT2D eigenvalue weighted by Gasteiger charge is 2.27. The van der Waals surface area contributed by atoms with Crippen molar-refractivity contribution in [1.82, 2.24) is 5.32 Å². The first kappa shape index (κ1) is 12.8. The highest BCUT2D eigenvalue weighted by molar-refractivity contribution is 6.33. The average molecular weight is 248 g/mol. The molecule has 0 aliphatic heterocycles. The van der Waals surface area contributed by atoms with Gasteiger partial charge in [-0.05, 0) is 37.2 Å². The Labute approximate surface area is 100 Å². The Hall–Kier alpha value is -0.280. The Balaban J connectivity index is 3.16. The third-order valence-corrected chi connectivity index (χ3v) is 2.97. The molecule has 1 rings (SSSR count). The van der Waals surface area contributed by atoms with Crippen LogP contribution in [-0.4, -0.2) is 18.3 Å². The maximum Gasteiger partial charge on any atom is 0.0655 e. The molecule has 0 amide bonds. The summed E-state index contributed by atoms with van der Waals surface area (Å²) in [5.74, 6) is 0. The van der Waals surface area contributed by atoms with Crippen LogP contribution in [0.15, 0.2) is 18.2 Å². The second-order valence-electron chi connectivity index (χ2n) is 3.64. The van der Waals surface area contributed by atoms with Crippen molar-refractivity contribution in [2.45, 2.75) is 19.4 Å². The number of benzene rings is 1. The van der Waals surface area contributed by atoms with Gasteiger partial charge in [-0.15, -0.1) is 0 Å². The minimum Gasteiger partial charge on any atom is -0.394 e. The summed E-state index contributed by atoms with van der Waals surface area (Å²) in [5.41, 5.74) is 0.275. The molecule has 0 saturated heterocycles. The van der Waals surface area contributed by atoms with E-state index in [4.69, 9.17) is 23.2 Å². The molecule has 1 aromatic rings. The van der Waals surface area contributed by atoms with Gasteiger partial charge >= 0.3 is 0 Å². The van der Waals surface area contributed by atoms with Crippen molar-refractivity contribution in [2.75, 3.05) is 13.2 Å². The first-order valence-electron chi connectivity index (χ1n) is 4.85. The van der Waals surface area contributed by atoms with Gasteiger partial charge in [0.1, 0.15) is 0 Å². The Kier molecular flexibility index (Phi) is 4.41. The second kappa shape index (κ2) is 5.17. The standard InChI is InChI=1S/C11H15Cl2NO/c1-3-14-11(2,7-15)9-6-8(12)4-5-10(9)13/h4-6,14-15H,3,7H2,1-2H3. The van der Waals surface area contributed by atoms with Crippen molar-refractivity contribution in [3.05, 3.63) is 33.8 Å². The van der Waals surface area contributed by atoms with Gasteiger partial charge in [0.25, 0.3) is 0 Å². The molecule has 0 fully saturated rings. The molecule has 0 bridgehead atoms. The molecule has 1 unspecified atom stereocenters. The molecule has 15 heavy (non-hydrogen) atoms. The van der Waals surface area contributed by atoms with Crippen LogP contribution in [0.4, 0.5) is 0 Å². The minimum atomic E-state index is -0.545. The van der Waals surface area contributed by atoms with Crippen LogP contribution in [0.2, 0.25) is 10.0 Å². The third kappa shape index (κ3) is 2.85. The van der Waals surface area contributed by atoms with Crippen LogP contribution in [0.1, 0.15) is 19.4 Å². The summed E-state index contributed by atoms with van der Waals surface area (Å²) in [6.07, 6.45) is 0. The van der Waals surface area contributed by atoms with E-state index in [-0.39, 0.29) is 6.61 Å². The Bertz CT molecular complexity index is 343. The average Bonchev–Trinajstić information content (AvgIpc) is 2.22. The quantitative estimate of drug-likeness (QED) is 0.858. The SMILES string of the molecule is CCNC(C)(CO)c1cc(Cl)ccc1Cl. The lowest BCUT2D eigenvalue weighted by Gasteiger charge is -2.30. The van der Waals surface area contributed by atoms with Crippen LogP contribution in [0.25, 0.3) is 0 Å². The summed E-state index contributed by atoms with van der Waals surface area (Å²) in [6.45, 7) is 4.60. The fourth-order valence-corrected chi connectivity index (χ4v) is 2.05. The molecule has 1 atom stereocenters. The van der Waals surface area contributed by atoms with E-state index in [1.807, 2.05) is 13.8 Å². The maximum absolute atomic E-state index is 9.42. The molecule has 0 aromatic heterocycles. The van der Waals surface area contributed by atoms with Gasteiger partial charge in [0.05, 0.1) is 12.1 Å². The number of rotatable bonds is 4. The van der Waals surface area contributed by atoms with Crippen molar-refractivity contribution in [2.24, 2.45) is 0 Å². The van der Waals surface area contributed by atoms with Crippen molar-refractivity contribution in [1.29, 1.82) is 0 Å². The fourth-order valence-electron chi connectivity index (χ4n) is 1.55. The number of aliphatic hydroxyl groups excluding tert-OH is 1. The molecule has 0 radical (unpaired) electrons. The van der Waals surface area contributed by atoms with Gasteiger partial charge < -0.3 is 10.4 Å². The Morgan fingerprint density at radius 2 is 2.07 bits per heavy atom. The van der Waals surface area contributed by atoms with Crippen LogP contribution in [-0.2, 0) is 5.54 Å². The lowest BCUT2D eigenvalue weighted by atomic mass is 9.93. The van der Waals surface area contributed by atoms with Crippen LogP contribution in [0.5, 0.6) is 0 Å². The van der Waals surface area contributed by atoms with Gasteiger partial charge in [-0.25, -0.2) is 0 Å². The highest BCUT2D eigenvalue weighted by Crippen LogP contribution is 2.30. The summed E-state index contributed by atoms with van der Waals surface area (Å²) in [5, 5.41) is 13.8. The Morgan fingerprint density at radius 3 is 2.60 bits per heavy atom. The summed E-state index contributed by atoms with van der Waals surface area (Å²) >= 11 is 12.0. The van der Waals surface area contributed by atoms with E-state index in [1.165, 1.54) is 0 Å². The van der Waals surface area contributed by atoms with Gasteiger partial charge in [0.2, 0.25) is 0 Å². The lowest BCUT2D eigenvalue weighted by molar-refractivity contribution is 0.177. The molecule has 0 heterocycles. The number of likely N-dealkylation sites (N-methyl/N-ethyl adjacent to an activating group) is 1. The molecule has 2 N–H and O–H groups in total. The second-order valence-corrected chi connectivity index (χ2v) is 4.49. The fraction of sp³-hybridized carbons (Fsp3) is 0.455. The molecular formula is C11H15Cl2NO. The molecule has 0 spiro atoms. The Morgan fingerprint density at radius 1 is 1.40 bits per heavy atom. The zero-order chi connectivity index (χ0) is 11.5. The van der Waals surface area contributed by atoms with E-state index in [0.717, 1.165) is 12.1 Å². The minimum absolute atomic E-state index is 0.0269. The summed E-state index contributed by atoms with van der Waals surface area (Å²) in [4.78, 5) is 0. The number of halogens is 2. The molecule has 1 aromatic carbocycles. The molecular weight excluding hydrogens is 233 g/mol. The molecule has 0 saturated carbocycles. The van der Waals surface area contributed by atoms with Crippen molar-refractivity contribution >= 4 is 23.2 Å². The van der Waals surface area contributed by atoms with Gasteiger partial charge in [-0.3, -0.25) is 0 Å². The molecule has 84 valence electrons. The molecule has 0 aliphatic rings. The van der Waals surface area contributed by atoms with Gasteiger partial charge in [0, 0.05) is 10.0 Å². The zero-order valence-corrected chi connectivity index (χ0v) is 10.4. The monoisotopic (exact) mass is 247 g/mol. The van der Waals surface area contributed by atoms with Crippen molar-refractivity contribution in [3.8, 4) is 0 Å². The summed E-state index contributed by atoms with van der Waals surface area (Å²) in [6, 6.07) is 5.25. The van der Waals surface area contributed by atoms with E-state index in [1.54, 1.807) is 18.2 Å². The van der Waals surface area contributed by atoms with E-state index in [0.29, 0.717) is 10.0 Å². The van der Waals surface area contributed by atoms with Gasteiger partial charge in [-0.2, -0.15) is 0 Å². The van der Waals surface area contributed by atoms with Gasteiger partial charge in [-0.1, -0.05) is 30.1 Å². The largest absolute Gasteiger partial charge is 0.394 e. The predicted octanol–water partition coefficient (Wildman–Crippen LogP) is 2.81. The molecule has 2 nitrogen and oxygen atoms in total. The number of nitrogens with one attached hydrogen (secondary N) is 1. The summed E-state index contributed by atoms with van der Waals surface area (Å²) in [7, 11) is 0. The van der Waals surface area contributed by atoms with E-state index >= 15 is 0 Å². The van der Waals surface area contributed by atoms with Crippen LogP contribution < -0.4 is 5.32 Å². The number of aliphatic hydroxyl groups is 1. The first-order chi connectivity index (χ1) is 7.03. The van der Waals surface area contributed by atoms with Gasteiger partial charge in [0.15, 0.2) is 0 Å². The summed E-state index contributed by atoms with van der Waals surface area (Å²) < 4.78 is 0.